The topological polar surface area (TPSA) is 21.3 Å². The molecule has 0 saturated heterocycles. The van der Waals surface area contributed by atoms with Crippen LogP contribution in [0.4, 0.5) is 0 Å². The van der Waals surface area contributed by atoms with E-state index in [-0.39, 0.29) is 6.10 Å². The average Bonchev–Trinajstić information content (AvgIpc) is 2.37. The van der Waals surface area contributed by atoms with Gasteiger partial charge in [-0.1, -0.05) is 50.6 Å². The molecule has 0 aliphatic rings. The molecule has 0 radical (unpaired) electrons. The fourth-order valence-electron chi connectivity index (χ4n) is 2.14. The van der Waals surface area contributed by atoms with Gasteiger partial charge in [-0.3, -0.25) is 0 Å². The maximum Gasteiger partial charge on any atom is 0.0949 e. The summed E-state index contributed by atoms with van der Waals surface area (Å²) in [5.74, 6) is 0.759. The van der Waals surface area contributed by atoms with Crippen molar-refractivity contribution in [2.45, 2.75) is 46.6 Å². The van der Waals surface area contributed by atoms with Crippen molar-refractivity contribution in [2.75, 3.05) is 19.7 Å². The smallest absolute Gasteiger partial charge is 0.0949 e. The Kier molecular flexibility index (Phi) is 7.76. The molecule has 1 unspecified atom stereocenters. The van der Waals surface area contributed by atoms with Crippen molar-refractivity contribution < 1.29 is 4.74 Å². The number of aryl methyl sites for hydroxylation is 1. The number of ether oxygens (including phenoxy) is 1. The number of nitrogens with one attached hydrogen (secondary N) is 1. The lowest BCUT2D eigenvalue weighted by Gasteiger charge is -2.19. The van der Waals surface area contributed by atoms with Gasteiger partial charge in [0, 0.05) is 13.2 Å². The van der Waals surface area contributed by atoms with Crippen molar-refractivity contribution >= 4 is 0 Å². The predicted molar refractivity (Wildman–Crippen MR) is 82.5 cm³/mol. The summed E-state index contributed by atoms with van der Waals surface area (Å²) in [6.45, 7) is 11.5. The first-order valence-corrected chi connectivity index (χ1v) is 7.52. The minimum absolute atomic E-state index is 0.173. The van der Waals surface area contributed by atoms with Gasteiger partial charge in [0.25, 0.3) is 0 Å². The molecule has 0 fully saturated rings. The summed E-state index contributed by atoms with van der Waals surface area (Å²) in [7, 11) is 0. The van der Waals surface area contributed by atoms with E-state index in [4.69, 9.17) is 4.74 Å². The summed E-state index contributed by atoms with van der Waals surface area (Å²) >= 11 is 0. The van der Waals surface area contributed by atoms with Crippen LogP contribution in [0.3, 0.4) is 0 Å². The molecule has 0 saturated carbocycles. The molecule has 1 aromatic carbocycles. The van der Waals surface area contributed by atoms with Crippen LogP contribution in [0.2, 0.25) is 0 Å². The SMILES string of the molecule is CCNCC(OCCCC(C)C)c1cccc(C)c1. The van der Waals surface area contributed by atoms with E-state index in [0.29, 0.717) is 0 Å². The van der Waals surface area contributed by atoms with E-state index in [1.165, 1.54) is 17.5 Å². The number of likely N-dealkylation sites (N-methyl/N-ethyl adjacent to an activating group) is 1. The van der Waals surface area contributed by atoms with Crippen molar-refractivity contribution in [2.24, 2.45) is 5.92 Å². The van der Waals surface area contributed by atoms with E-state index in [0.717, 1.165) is 32.0 Å². The Bertz CT molecular complexity index is 349. The van der Waals surface area contributed by atoms with Crippen molar-refractivity contribution in [1.82, 2.24) is 5.32 Å². The van der Waals surface area contributed by atoms with Gasteiger partial charge in [0.2, 0.25) is 0 Å². The van der Waals surface area contributed by atoms with Gasteiger partial charge in [0.15, 0.2) is 0 Å². The van der Waals surface area contributed by atoms with Crippen molar-refractivity contribution in [3.8, 4) is 0 Å². The fraction of sp³-hybridized carbons (Fsp3) is 0.647. The summed E-state index contributed by atoms with van der Waals surface area (Å²) in [5.41, 5.74) is 2.58. The zero-order chi connectivity index (χ0) is 14.1. The first kappa shape index (κ1) is 16.2. The van der Waals surface area contributed by atoms with E-state index >= 15 is 0 Å². The van der Waals surface area contributed by atoms with Gasteiger partial charge < -0.3 is 10.1 Å². The lowest BCUT2D eigenvalue weighted by atomic mass is 10.1. The minimum atomic E-state index is 0.173. The monoisotopic (exact) mass is 263 g/mol. The molecular formula is C17H29NO. The molecule has 1 aromatic rings. The molecule has 1 N–H and O–H groups in total. The molecule has 0 amide bonds. The van der Waals surface area contributed by atoms with Crippen molar-refractivity contribution in [3.63, 3.8) is 0 Å². The summed E-state index contributed by atoms with van der Waals surface area (Å²) in [5, 5.41) is 3.39. The Hall–Kier alpha value is -0.860. The predicted octanol–water partition coefficient (Wildman–Crippen LogP) is 4.10. The first-order valence-electron chi connectivity index (χ1n) is 7.52. The second kappa shape index (κ2) is 9.11. The highest BCUT2D eigenvalue weighted by Crippen LogP contribution is 2.19. The molecular weight excluding hydrogens is 234 g/mol. The molecule has 1 atom stereocenters. The minimum Gasteiger partial charge on any atom is -0.372 e. The van der Waals surface area contributed by atoms with Gasteiger partial charge in [0.1, 0.15) is 0 Å². The van der Waals surface area contributed by atoms with Crippen LogP contribution in [-0.4, -0.2) is 19.7 Å². The van der Waals surface area contributed by atoms with E-state index < -0.39 is 0 Å². The van der Waals surface area contributed by atoms with Crippen LogP contribution < -0.4 is 5.32 Å². The highest BCUT2D eigenvalue weighted by atomic mass is 16.5. The summed E-state index contributed by atoms with van der Waals surface area (Å²) in [4.78, 5) is 0. The number of benzene rings is 1. The van der Waals surface area contributed by atoms with Crippen LogP contribution in [0.1, 0.15) is 50.8 Å². The molecule has 2 nitrogen and oxygen atoms in total. The van der Waals surface area contributed by atoms with Crippen LogP contribution in [0.5, 0.6) is 0 Å². The maximum absolute atomic E-state index is 6.07. The Morgan fingerprint density at radius 2 is 2.05 bits per heavy atom. The normalized spacial score (nSPS) is 12.9. The van der Waals surface area contributed by atoms with Gasteiger partial charge in [-0.15, -0.1) is 0 Å². The highest BCUT2D eigenvalue weighted by Gasteiger charge is 2.11. The lowest BCUT2D eigenvalue weighted by Crippen LogP contribution is -2.23. The van der Waals surface area contributed by atoms with Crippen LogP contribution in [0.25, 0.3) is 0 Å². The molecule has 0 spiro atoms. The molecule has 19 heavy (non-hydrogen) atoms. The van der Waals surface area contributed by atoms with Crippen LogP contribution in [0, 0.1) is 12.8 Å². The standard InChI is InChI=1S/C17H29NO/c1-5-18-13-17(19-11-7-8-14(2)3)16-10-6-9-15(4)12-16/h6,9-10,12,14,17-18H,5,7-8,11,13H2,1-4H3. The Morgan fingerprint density at radius 1 is 1.26 bits per heavy atom. The summed E-state index contributed by atoms with van der Waals surface area (Å²) < 4.78 is 6.07. The van der Waals surface area contributed by atoms with Crippen LogP contribution in [-0.2, 0) is 4.74 Å². The summed E-state index contributed by atoms with van der Waals surface area (Å²) in [6.07, 6.45) is 2.56. The quantitative estimate of drug-likeness (QED) is 0.677. The maximum atomic E-state index is 6.07. The van der Waals surface area contributed by atoms with E-state index in [1.807, 2.05) is 0 Å². The number of hydrogen-bond donors (Lipinski definition) is 1. The third kappa shape index (κ3) is 6.74. The molecule has 2 heteroatoms. The highest BCUT2D eigenvalue weighted by molar-refractivity contribution is 5.24. The van der Waals surface area contributed by atoms with Crippen LogP contribution >= 0.6 is 0 Å². The third-order valence-electron chi connectivity index (χ3n) is 3.24. The van der Waals surface area contributed by atoms with Gasteiger partial charge >= 0.3 is 0 Å². The molecule has 0 aliphatic heterocycles. The molecule has 1 rings (SSSR count). The van der Waals surface area contributed by atoms with E-state index in [2.05, 4.69) is 57.3 Å². The van der Waals surface area contributed by atoms with Gasteiger partial charge in [0.05, 0.1) is 6.10 Å². The number of rotatable bonds is 9. The Morgan fingerprint density at radius 3 is 2.68 bits per heavy atom. The summed E-state index contributed by atoms with van der Waals surface area (Å²) in [6, 6.07) is 8.63. The third-order valence-corrected chi connectivity index (χ3v) is 3.24. The lowest BCUT2D eigenvalue weighted by molar-refractivity contribution is 0.0490. The largest absolute Gasteiger partial charge is 0.372 e. The van der Waals surface area contributed by atoms with Crippen molar-refractivity contribution in [1.29, 1.82) is 0 Å². The first-order chi connectivity index (χ1) is 9.13. The Balaban J connectivity index is 2.51. The van der Waals surface area contributed by atoms with Crippen LogP contribution in [0.15, 0.2) is 24.3 Å². The zero-order valence-electron chi connectivity index (χ0n) is 12.9. The molecule has 0 bridgehead atoms. The van der Waals surface area contributed by atoms with Crippen molar-refractivity contribution in [3.05, 3.63) is 35.4 Å². The second-order valence-electron chi connectivity index (χ2n) is 5.62. The molecule has 0 heterocycles. The van der Waals surface area contributed by atoms with E-state index in [9.17, 15) is 0 Å². The molecule has 0 aromatic heterocycles. The van der Waals surface area contributed by atoms with E-state index in [1.54, 1.807) is 0 Å². The van der Waals surface area contributed by atoms with Gasteiger partial charge in [-0.2, -0.15) is 0 Å². The number of hydrogen-bond acceptors (Lipinski definition) is 2. The molecule has 0 aliphatic carbocycles. The second-order valence-corrected chi connectivity index (χ2v) is 5.62. The van der Waals surface area contributed by atoms with Gasteiger partial charge in [-0.25, -0.2) is 0 Å². The zero-order valence-corrected chi connectivity index (χ0v) is 12.9. The fourth-order valence-corrected chi connectivity index (χ4v) is 2.14. The van der Waals surface area contributed by atoms with Gasteiger partial charge in [-0.05, 0) is 37.8 Å². The average molecular weight is 263 g/mol. The Labute approximate surface area is 118 Å². The molecule has 108 valence electrons.